The quantitative estimate of drug-likeness (QED) is 0.941. The third kappa shape index (κ3) is 2.27. The Kier molecular flexibility index (Phi) is 3.71. The number of hydrogen-bond donors (Lipinski definition) is 1. The molecule has 0 spiro atoms. The molecule has 0 aliphatic heterocycles. The lowest BCUT2D eigenvalue weighted by atomic mass is 10.2. The molecule has 94 valence electrons. The first kappa shape index (κ1) is 13.1. The summed E-state index contributed by atoms with van der Waals surface area (Å²) < 4.78 is 25.0. The summed E-state index contributed by atoms with van der Waals surface area (Å²) in [5.74, 6) is 0. The summed E-state index contributed by atoms with van der Waals surface area (Å²) in [7, 11) is -3.62. The Morgan fingerprint density at radius 2 is 1.50 bits per heavy atom. The molecule has 0 radical (unpaired) electrons. The topological polar surface area (TPSA) is 60.2 Å². The van der Waals surface area contributed by atoms with Gasteiger partial charge >= 0.3 is 0 Å². The number of hydrogen-bond acceptors (Lipinski definition) is 3. The van der Waals surface area contributed by atoms with Crippen LogP contribution in [0.3, 0.4) is 0 Å². The molecule has 2 N–H and O–H groups in total. The van der Waals surface area contributed by atoms with Gasteiger partial charge in [0.1, 0.15) is 0 Å². The van der Waals surface area contributed by atoms with E-state index in [-0.39, 0.29) is 21.4 Å². The first-order chi connectivity index (χ1) is 8.57. The van der Waals surface area contributed by atoms with E-state index in [0.29, 0.717) is 5.56 Å². The summed E-state index contributed by atoms with van der Waals surface area (Å²) in [4.78, 5) is 0.313. The van der Waals surface area contributed by atoms with Crippen molar-refractivity contribution in [1.29, 1.82) is 0 Å². The van der Waals surface area contributed by atoms with E-state index >= 15 is 0 Å². The van der Waals surface area contributed by atoms with Crippen LogP contribution in [0.5, 0.6) is 0 Å². The fraction of sp³-hybridized carbons (Fsp3) is 0.0769. The number of rotatable bonds is 3. The highest BCUT2D eigenvalue weighted by molar-refractivity contribution is 7.91. The Morgan fingerprint density at radius 1 is 0.944 bits per heavy atom. The maximum Gasteiger partial charge on any atom is 0.208 e. The molecule has 0 saturated heterocycles. The Balaban J connectivity index is 2.66. The summed E-state index contributed by atoms with van der Waals surface area (Å²) in [6.07, 6.45) is 0. The van der Waals surface area contributed by atoms with Crippen molar-refractivity contribution in [1.82, 2.24) is 0 Å². The van der Waals surface area contributed by atoms with E-state index in [1.165, 1.54) is 6.07 Å². The van der Waals surface area contributed by atoms with Crippen LogP contribution in [0.15, 0.2) is 58.3 Å². The molecule has 0 heterocycles. The van der Waals surface area contributed by atoms with E-state index in [1.807, 2.05) is 0 Å². The predicted octanol–water partition coefficient (Wildman–Crippen LogP) is 2.63. The van der Waals surface area contributed by atoms with Crippen LogP contribution >= 0.6 is 11.6 Å². The maximum absolute atomic E-state index is 12.5. The van der Waals surface area contributed by atoms with Gasteiger partial charge < -0.3 is 5.73 Å². The van der Waals surface area contributed by atoms with Crippen molar-refractivity contribution >= 4 is 21.4 Å². The molecule has 0 fully saturated rings. The lowest BCUT2D eigenvalue weighted by Gasteiger charge is -2.10. The van der Waals surface area contributed by atoms with Crippen LogP contribution in [0.1, 0.15) is 5.56 Å². The van der Waals surface area contributed by atoms with Crippen molar-refractivity contribution in [2.75, 3.05) is 0 Å². The standard InChI is InChI=1S/C13H12ClNO2S/c14-11-6-2-4-8-13(11)18(16,17)12-7-3-1-5-10(12)9-15/h1-8H,9,15H2. The van der Waals surface area contributed by atoms with Crippen LogP contribution in [-0.2, 0) is 16.4 Å². The largest absolute Gasteiger partial charge is 0.326 e. The third-order valence-electron chi connectivity index (χ3n) is 2.61. The summed E-state index contributed by atoms with van der Waals surface area (Å²) in [5, 5.41) is 0.212. The number of sulfone groups is 1. The monoisotopic (exact) mass is 281 g/mol. The summed E-state index contributed by atoms with van der Waals surface area (Å²) in [5.41, 5.74) is 6.15. The van der Waals surface area contributed by atoms with Crippen molar-refractivity contribution in [3.8, 4) is 0 Å². The molecule has 0 aromatic heterocycles. The van der Waals surface area contributed by atoms with Gasteiger partial charge in [-0.2, -0.15) is 0 Å². The van der Waals surface area contributed by atoms with E-state index in [9.17, 15) is 8.42 Å². The van der Waals surface area contributed by atoms with Crippen molar-refractivity contribution in [3.63, 3.8) is 0 Å². The normalized spacial score (nSPS) is 11.4. The highest BCUT2D eigenvalue weighted by Crippen LogP contribution is 2.28. The zero-order chi connectivity index (χ0) is 13.2. The molecular formula is C13H12ClNO2S. The van der Waals surface area contributed by atoms with Crippen LogP contribution in [0.2, 0.25) is 5.02 Å². The molecule has 2 aromatic carbocycles. The molecule has 2 aromatic rings. The van der Waals surface area contributed by atoms with Crippen LogP contribution in [0.4, 0.5) is 0 Å². The fourth-order valence-corrected chi connectivity index (χ4v) is 3.73. The van der Waals surface area contributed by atoms with E-state index < -0.39 is 9.84 Å². The Morgan fingerprint density at radius 3 is 2.11 bits per heavy atom. The number of benzene rings is 2. The first-order valence-electron chi connectivity index (χ1n) is 5.35. The van der Waals surface area contributed by atoms with Gasteiger partial charge in [-0.1, -0.05) is 41.9 Å². The second-order valence-electron chi connectivity index (χ2n) is 3.75. The lowest BCUT2D eigenvalue weighted by Crippen LogP contribution is -2.08. The highest BCUT2D eigenvalue weighted by atomic mass is 35.5. The Bertz CT molecular complexity index is 668. The highest BCUT2D eigenvalue weighted by Gasteiger charge is 2.22. The van der Waals surface area contributed by atoms with Gasteiger partial charge in [-0.3, -0.25) is 0 Å². The van der Waals surface area contributed by atoms with Crippen molar-refractivity contribution in [2.24, 2.45) is 5.73 Å². The molecule has 0 bridgehead atoms. The van der Waals surface area contributed by atoms with Gasteiger partial charge in [0.15, 0.2) is 0 Å². The maximum atomic E-state index is 12.5. The lowest BCUT2D eigenvalue weighted by molar-refractivity contribution is 0.595. The molecule has 18 heavy (non-hydrogen) atoms. The molecule has 0 saturated carbocycles. The molecule has 0 atom stereocenters. The minimum atomic E-state index is -3.62. The molecular weight excluding hydrogens is 270 g/mol. The first-order valence-corrected chi connectivity index (χ1v) is 7.21. The van der Waals surface area contributed by atoms with Crippen molar-refractivity contribution in [3.05, 3.63) is 59.1 Å². The van der Waals surface area contributed by atoms with Crippen LogP contribution in [-0.4, -0.2) is 8.42 Å². The average molecular weight is 282 g/mol. The van der Waals surface area contributed by atoms with Gasteiger partial charge in [-0.15, -0.1) is 0 Å². The SMILES string of the molecule is NCc1ccccc1S(=O)(=O)c1ccccc1Cl. The second kappa shape index (κ2) is 5.10. The van der Waals surface area contributed by atoms with Crippen LogP contribution in [0, 0.1) is 0 Å². The molecule has 5 heteroatoms. The predicted molar refractivity (Wildman–Crippen MR) is 71.2 cm³/mol. The Labute approximate surface area is 111 Å². The van der Waals surface area contributed by atoms with Crippen molar-refractivity contribution < 1.29 is 8.42 Å². The molecule has 0 unspecified atom stereocenters. The Hall–Kier alpha value is -1.36. The minimum Gasteiger partial charge on any atom is -0.326 e. The second-order valence-corrected chi connectivity index (χ2v) is 6.04. The van der Waals surface area contributed by atoms with Gasteiger partial charge in [0.05, 0.1) is 14.8 Å². The third-order valence-corrected chi connectivity index (χ3v) is 4.96. The van der Waals surface area contributed by atoms with Gasteiger partial charge in [-0.05, 0) is 23.8 Å². The zero-order valence-corrected chi connectivity index (χ0v) is 11.1. The van der Waals surface area contributed by atoms with Gasteiger partial charge in [0.25, 0.3) is 0 Å². The number of nitrogens with two attached hydrogens (primary N) is 1. The molecule has 2 rings (SSSR count). The van der Waals surface area contributed by atoms with E-state index in [0.717, 1.165) is 0 Å². The smallest absolute Gasteiger partial charge is 0.208 e. The van der Waals surface area contributed by atoms with E-state index in [2.05, 4.69) is 0 Å². The van der Waals surface area contributed by atoms with Gasteiger partial charge in [-0.25, -0.2) is 8.42 Å². The summed E-state index contributed by atoms with van der Waals surface area (Å²) in [6.45, 7) is 0.167. The van der Waals surface area contributed by atoms with E-state index in [1.54, 1.807) is 42.5 Å². The molecule has 0 amide bonds. The molecule has 0 aliphatic carbocycles. The summed E-state index contributed by atoms with van der Waals surface area (Å²) in [6, 6.07) is 13.0. The van der Waals surface area contributed by atoms with Gasteiger partial charge in [0, 0.05) is 6.54 Å². The van der Waals surface area contributed by atoms with E-state index in [4.69, 9.17) is 17.3 Å². The van der Waals surface area contributed by atoms with Crippen LogP contribution in [0.25, 0.3) is 0 Å². The van der Waals surface area contributed by atoms with Crippen molar-refractivity contribution in [2.45, 2.75) is 16.3 Å². The number of halogens is 1. The average Bonchev–Trinajstić information content (AvgIpc) is 2.39. The molecule has 0 aliphatic rings. The zero-order valence-electron chi connectivity index (χ0n) is 9.51. The minimum absolute atomic E-state index is 0.104. The van der Waals surface area contributed by atoms with Crippen LogP contribution < -0.4 is 5.73 Å². The molecule has 3 nitrogen and oxygen atoms in total. The summed E-state index contributed by atoms with van der Waals surface area (Å²) >= 11 is 5.94. The van der Waals surface area contributed by atoms with Gasteiger partial charge in [0.2, 0.25) is 9.84 Å². The fourth-order valence-electron chi connectivity index (χ4n) is 1.72.